The standard InChI is InChI=1S/C14H18N2O2S2/c1-11(2)14-10-16(7-8-19-14)20(17,18)13-5-3-12(9-15)4-6-13/h3-6,11,14H,7-8,10H2,1-2H3/t14-/m0/s1. The molecule has 0 N–H and O–H groups in total. The first kappa shape index (κ1) is 15.4. The van der Waals surface area contributed by atoms with E-state index in [9.17, 15) is 8.42 Å². The molecule has 1 aromatic rings. The summed E-state index contributed by atoms with van der Waals surface area (Å²) in [5.74, 6) is 1.29. The molecule has 0 spiro atoms. The van der Waals surface area contributed by atoms with Crippen molar-refractivity contribution in [1.82, 2.24) is 4.31 Å². The Morgan fingerprint density at radius 3 is 2.55 bits per heavy atom. The summed E-state index contributed by atoms with van der Waals surface area (Å²) in [7, 11) is -3.44. The van der Waals surface area contributed by atoms with Crippen LogP contribution in [0.25, 0.3) is 0 Å². The Morgan fingerprint density at radius 1 is 1.35 bits per heavy atom. The number of hydrogen-bond donors (Lipinski definition) is 0. The number of rotatable bonds is 3. The lowest BCUT2D eigenvalue weighted by atomic mass is 10.1. The molecule has 1 aliphatic rings. The SMILES string of the molecule is CC(C)[C@@H]1CN(S(=O)(=O)c2ccc(C#N)cc2)CCS1. The first-order valence-corrected chi connectivity index (χ1v) is 9.06. The number of thioether (sulfide) groups is 1. The lowest BCUT2D eigenvalue weighted by Gasteiger charge is -2.33. The summed E-state index contributed by atoms with van der Waals surface area (Å²) in [6.45, 7) is 5.35. The quantitative estimate of drug-likeness (QED) is 0.859. The van der Waals surface area contributed by atoms with E-state index in [1.54, 1.807) is 16.4 Å². The van der Waals surface area contributed by atoms with Crippen LogP contribution in [-0.2, 0) is 10.0 Å². The third-order valence-corrected chi connectivity index (χ3v) is 6.84. The number of hydrogen-bond acceptors (Lipinski definition) is 4. The smallest absolute Gasteiger partial charge is 0.207 e. The molecule has 4 nitrogen and oxygen atoms in total. The molecule has 108 valence electrons. The Balaban J connectivity index is 2.23. The molecule has 0 amide bonds. The van der Waals surface area contributed by atoms with Crippen molar-refractivity contribution in [3.63, 3.8) is 0 Å². The third kappa shape index (κ3) is 3.17. The Labute approximate surface area is 124 Å². The van der Waals surface area contributed by atoms with E-state index in [2.05, 4.69) is 13.8 Å². The minimum atomic E-state index is -3.44. The maximum absolute atomic E-state index is 12.6. The molecular formula is C14H18N2O2S2. The molecular weight excluding hydrogens is 292 g/mol. The molecule has 0 saturated carbocycles. The van der Waals surface area contributed by atoms with E-state index in [0.717, 1.165) is 5.75 Å². The normalized spacial score (nSPS) is 20.8. The fourth-order valence-electron chi connectivity index (χ4n) is 2.12. The average Bonchev–Trinajstić information content (AvgIpc) is 2.47. The Kier molecular flexibility index (Phi) is 4.74. The topological polar surface area (TPSA) is 61.2 Å². The van der Waals surface area contributed by atoms with Crippen LogP contribution < -0.4 is 0 Å². The molecule has 0 bridgehead atoms. The largest absolute Gasteiger partial charge is 0.243 e. The number of sulfonamides is 1. The van der Waals surface area contributed by atoms with Crippen LogP contribution in [0, 0.1) is 17.2 Å². The molecule has 1 heterocycles. The van der Waals surface area contributed by atoms with E-state index in [4.69, 9.17) is 5.26 Å². The Hall–Kier alpha value is -1.03. The van der Waals surface area contributed by atoms with Crippen molar-refractivity contribution >= 4 is 21.8 Å². The molecule has 0 aliphatic carbocycles. The molecule has 0 unspecified atom stereocenters. The molecule has 0 radical (unpaired) electrons. The van der Waals surface area contributed by atoms with Gasteiger partial charge < -0.3 is 0 Å². The summed E-state index contributed by atoms with van der Waals surface area (Å²) >= 11 is 1.84. The van der Waals surface area contributed by atoms with Crippen LogP contribution in [0.1, 0.15) is 19.4 Å². The molecule has 1 saturated heterocycles. The van der Waals surface area contributed by atoms with E-state index in [1.165, 1.54) is 12.1 Å². The highest BCUT2D eigenvalue weighted by molar-refractivity contribution is 8.00. The van der Waals surface area contributed by atoms with E-state index >= 15 is 0 Å². The zero-order chi connectivity index (χ0) is 14.8. The second-order valence-corrected chi connectivity index (χ2v) is 8.44. The van der Waals surface area contributed by atoms with Crippen molar-refractivity contribution in [3.05, 3.63) is 29.8 Å². The number of nitrogens with zero attached hydrogens (tertiary/aromatic N) is 2. The van der Waals surface area contributed by atoms with Gasteiger partial charge >= 0.3 is 0 Å². The number of benzene rings is 1. The predicted molar refractivity (Wildman–Crippen MR) is 81.0 cm³/mol. The monoisotopic (exact) mass is 310 g/mol. The van der Waals surface area contributed by atoms with Crippen LogP contribution in [-0.4, -0.2) is 36.8 Å². The van der Waals surface area contributed by atoms with Crippen molar-refractivity contribution in [3.8, 4) is 6.07 Å². The van der Waals surface area contributed by atoms with Crippen LogP contribution in [0.15, 0.2) is 29.2 Å². The summed E-state index contributed by atoms with van der Waals surface area (Å²) in [6.07, 6.45) is 0. The van der Waals surface area contributed by atoms with Crippen LogP contribution >= 0.6 is 11.8 Å². The van der Waals surface area contributed by atoms with Gasteiger partial charge in [0, 0.05) is 24.1 Å². The van der Waals surface area contributed by atoms with E-state index < -0.39 is 10.0 Å². The molecule has 6 heteroatoms. The van der Waals surface area contributed by atoms with Gasteiger partial charge in [0.2, 0.25) is 10.0 Å². The van der Waals surface area contributed by atoms with Crippen molar-refractivity contribution in [2.75, 3.05) is 18.8 Å². The van der Waals surface area contributed by atoms with Gasteiger partial charge in [-0.1, -0.05) is 13.8 Å². The van der Waals surface area contributed by atoms with Crippen LogP contribution in [0.4, 0.5) is 0 Å². The highest BCUT2D eigenvalue weighted by Gasteiger charge is 2.31. The van der Waals surface area contributed by atoms with Crippen molar-refractivity contribution < 1.29 is 8.42 Å². The summed E-state index contributed by atoms with van der Waals surface area (Å²) < 4.78 is 26.7. The van der Waals surface area contributed by atoms with Gasteiger partial charge in [0.05, 0.1) is 16.5 Å². The fourth-order valence-corrected chi connectivity index (χ4v) is 5.10. The minimum Gasteiger partial charge on any atom is -0.207 e. The molecule has 1 aliphatic heterocycles. The van der Waals surface area contributed by atoms with Crippen LogP contribution in [0.2, 0.25) is 0 Å². The maximum atomic E-state index is 12.6. The van der Waals surface area contributed by atoms with Crippen molar-refractivity contribution in [2.45, 2.75) is 24.0 Å². The summed E-state index contributed by atoms with van der Waals surface area (Å²) in [6, 6.07) is 8.12. The number of nitriles is 1. The van der Waals surface area contributed by atoms with Crippen molar-refractivity contribution in [2.24, 2.45) is 5.92 Å². The first-order chi connectivity index (χ1) is 9.45. The van der Waals surface area contributed by atoms with E-state index in [1.807, 2.05) is 17.8 Å². The lowest BCUT2D eigenvalue weighted by molar-refractivity contribution is 0.391. The predicted octanol–water partition coefficient (Wildman–Crippen LogP) is 2.32. The lowest BCUT2D eigenvalue weighted by Crippen LogP contribution is -2.43. The van der Waals surface area contributed by atoms with Crippen molar-refractivity contribution in [1.29, 1.82) is 5.26 Å². The van der Waals surface area contributed by atoms with Gasteiger partial charge in [0.1, 0.15) is 0 Å². The van der Waals surface area contributed by atoms with Gasteiger partial charge in [-0.15, -0.1) is 0 Å². The molecule has 1 atom stereocenters. The molecule has 1 fully saturated rings. The Bertz CT molecular complexity index is 603. The van der Waals surface area contributed by atoms with Gasteiger partial charge in [0.25, 0.3) is 0 Å². The second-order valence-electron chi connectivity index (χ2n) is 5.15. The second kappa shape index (κ2) is 6.17. The first-order valence-electron chi connectivity index (χ1n) is 6.57. The van der Waals surface area contributed by atoms with Crippen LogP contribution in [0.3, 0.4) is 0 Å². The maximum Gasteiger partial charge on any atom is 0.243 e. The van der Waals surface area contributed by atoms with Gasteiger partial charge in [-0.2, -0.15) is 21.3 Å². The van der Waals surface area contributed by atoms with E-state index in [-0.39, 0.29) is 4.90 Å². The third-order valence-electron chi connectivity index (χ3n) is 3.42. The van der Waals surface area contributed by atoms with Gasteiger partial charge in [0.15, 0.2) is 0 Å². The Morgan fingerprint density at radius 2 is 2.00 bits per heavy atom. The highest BCUT2D eigenvalue weighted by atomic mass is 32.2. The van der Waals surface area contributed by atoms with Gasteiger partial charge in [-0.3, -0.25) is 0 Å². The zero-order valence-corrected chi connectivity index (χ0v) is 13.2. The summed E-state index contributed by atoms with van der Waals surface area (Å²) in [5, 5.41) is 9.11. The molecule has 0 aromatic heterocycles. The minimum absolute atomic E-state index is 0.269. The van der Waals surface area contributed by atoms with Crippen LogP contribution in [0.5, 0.6) is 0 Å². The highest BCUT2D eigenvalue weighted by Crippen LogP contribution is 2.28. The molecule has 20 heavy (non-hydrogen) atoms. The average molecular weight is 310 g/mol. The summed E-state index contributed by atoms with van der Waals surface area (Å²) in [5.41, 5.74) is 0.471. The van der Waals surface area contributed by atoms with E-state index in [0.29, 0.717) is 29.8 Å². The van der Waals surface area contributed by atoms with Gasteiger partial charge in [-0.25, -0.2) is 8.42 Å². The summed E-state index contributed by atoms with van der Waals surface area (Å²) in [4.78, 5) is 0.269. The molecule has 2 rings (SSSR count). The zero-order valence-electron chi connectivity index (χ0n) is 11.6. The van der Waals surface area contributed by atoms with Gasteiger partial charge in [-0.05, 0) is 30.2 Å². The fraction of sp³-hybridized carbons (Fsp3) is 0.500. The molecule has 1 aromatic carbocycles.